The Balaban J connectivity index is 2.12. The predicted octanol–water partition coefficient (Wildman–Crippen LogP) is 0.853. The standard InChI is InChI=1S/C11H10N2O2/c14-10-9-5-6-13(9)11(15)7-3-1-2-4-8(7)12-10/h1-4,9H,5-6H2,(H,12,14)/t9-/m0/s1. The maximum Gasteiger partial charge on any atom is 0.256 e. The summed E-state index contributed by atoms with van der Waals surface area (Å²) in [5, 5.41) is 2.78. The fourth-order valence-corrected chi connectivity index (χ4v) is 2.05. The van der Waals surface area contributed by atoms with Crippen LogP contribution >= 0.6 is 0 Å². The van der Waals surface area contributed by atoms with Gasteiger partial charge in [-0.3, -0.25) is 9.59 Å². The number of anilines is 1. The number of fused-ring (bicyclic) bond motifs is 2. The maximum atomic E-state index is 12.0. The van der Waals surface area contributed by atoms with Crippen molar-refractivity contribution in [3.63, 3.8) is 0 Å². The first-order valence-corrected chi connectivity index (χ1v) is 4.98. The van der Waals surface area contributed by atoms with Gasteiger partial charge in [-0.1, -0.05) is 12.1 Å². The van der Waals surface area contributed by atoms with Gasteiger partial charge in [-0.15, -0.1) is 0 Å². The van der Waals surface area contributed by atoms with Crippen molar-refractivity contribution < 1.29 is 9.59 Å². The Morgan fingerprint density at radius 3 is 2.80 bits per heavy atom. The first-order valence-electron chi connectivity index (χ1n) is 4.98. The van der Waals surface area contributed by atoms with Gasteiger partial charge in [-0.2, -0.15) is 0 Å². The van der Waals surface area contributed by atoms with Crippen LogP contribution in [-0.2, 0) is 4.79 Å². The van der Waals surface area contributed by atoms with Crippen LogP contribution in [0.15, 0.2) is 24.3 Å². The number of rotatable bonds is 0. The minimum Gasteiger partial charge on any atom is -0.326 e. The summed E-state index contributed by atoms with van der Waals surface area (Å²) in [6.45, 7) is 0.686. The van der Waals surface area contributed by atoms with E-state index >= 15 is 0 Å². The number of carbonyl (C=O) groups excluding carboxylic acids is 2. The van der Waals surface area contributed by atoms with Crippen LogP contribution in [0.1, 0.15) is 16.8 Å². The second kappa shape index (κ2) is 2.82. The molecule has 1 fully saturated rings. The summed E-state index contributed by atoms with van der Waals surface area (Å²) in [4.78, 5) is 25.3. The molecule has 0 aliphatic carbocycles. The summed E-state index contributed by atoms with van der Waals surface area (Å²) in [6, 6.07) is 6.87. The molecule has 1 saturated heterocycles. The average molecular weight is 202 g/mol. The second-order valence-corrected chi connectivity index (χ2v) is 3.84. The van der Waals surface area contributed by atoms with E-state index in [-0.39, 0.29) is 17.9 Å². The highest BCUT2D eigenvalue weighted by Crippen LogP contribution is 2.28. The van der Waals surface area contributed by atoms with E-state index in [0.717, 1.165) is 6.42 Å². The lowest BCUT2D eigenvalue weighted by Crippen LogP contribution is -2.55. The lowest BCUT2D eigenvalue weighted by Gasteiger charge is -2.37. The monoisotopic (exact) mass is 202 g/mol. The van der Waals surface area contributed by atoms with E-state index in [1.54, 1.807) is 17.0 Å². The van der Waals surface area contributed by atoms with Crippen LogP contribution in [0.4, 0.5) is 5.69 Å². The number of amides is 2. The van der Waals surface area contributed by atoms with Crippen LogP contribution in [-0.4, -0.2) is 29.3 Å². The molecule has 2 aliphatic heterocycles. The molecule has 2 aliphatic rings. The van der Waals surface area contributed by atoms with Gasteiger partial charge >= 0.3 is 0 Å². The van der Waals surface area contributed by atoms with Gasteiger partial charge in [-0.25, -0.2) is 0 Å². The Hall–Kier alpha value is -1.84. The normalized spacial score (nSPS) is 23.5. The largest absolute Gasteiger partial charge is 0.326 e. The van der Waals surface area contributed by atoms with Gasteiger partial charge in [-0.05, 0) is 18.6 Å². The quantitative estimate of drug-likeness (QED) is 0.678. The van der Waals surface area contributed by atoms with Gasteiger partial charge in [0.15, 0.2) is 0 Å². The minimum absolute atomic E-state index is 0.0415. The number of para-hydroxylation sites is 1. The van der Waals surface area contributed by atoms with Crippen LogP contribution in [0.25, 0.3) is 0 Å². The third-order valence-electron chi connectivity index (χ3n) is 3.00. The van der Waals surface area contributed by atoms with Crippen molar-refractivity contribution >= 4 is 17.5 Å². The summed E-state index contributed by atoms with van der Waals surface area (Å²) in [7, 11) is 0. The van der Waals surface area contributed by atoms with Crippen molar-refractivity contribution in [1.82, 2.24) is 4.90 Å². The lowest BCUT2D eigenvalue weighted by molar-refractivity contribution is -0.123. The molecule has 0 unspecified atom stereocenters. The van der Waals surface area contributed by atoms with Gasteiger partial charge in [0.1, 0.15) is 6.04 Å². The number of nitrogens with zero attached hydrogens (tertiary/aromatic N) is 1. The molecule has 0 saturated carbocycles. The molecule has 0 spiro atoms. The van der Waals surface area contributed by atoms with E-state index < -0.39 is 0 Å². The lowest BCUT2D eigenvalue weighted by atomic mass is 10.0. The van der Waals surface area contributed by atoms with E-state index in [1.807, 2.05) is 12.1 Å². The molecule has 76 valence electrons. The molecule has 1 N–H and O–H groups in total. The average Bonchev–Trinajstić information content (AvgIpc) is 2.21. The molecule has 0 aromatic heterocycles. The maximum absolute atomic E-state index is 12.0. The molecule has 2 amide bonds. The molecule has 3 rings (SSSR count). The molecular weight excluding hydrogens is 192 g/mol. The predicted molar refractivity (Wildman–Crippen MR) is 54.5 cm³/mol. The zero-order chi connectivity index (χ0) is 10.4. The summed E-state index contributed by atoms with van der Waals surface area (Å²) in [5.41, 5.74) is 1.22. The summed E-state index contributed by atoms with van der Waals surface area (Å²) < 4.78 is 0. The van der Waals surface area contributed by atoms with Crippen LogP contribution in [0.2, 0.25) is 0 Å². The smallest absolute Gasteiger partial charge is 0.256 e. The van der Waals surface area contributed by atoms with Gasteiger partial charge < -0.3 is 10.2 Å². The van der Waals surface area contributed by atoms with Gasteiger partial charge in [0.05, 0.1) is 11.3 Å². The summed E-state index contributed by atoms with van der Waals surface area (Å²) in [6.07, 6.45) is 0.769. The molecule has 0 radical (unpaired) electrons. The summed E-state index contributed by atoms with van der Waals surface area (Å²) >= 11 is 0. The van der Waals surface area contributed by atoms with Crippen molar-refractivity contribution in [2.24, 2.45) is 0 Å². The highest BCUT2D eigenvalue weighted by Gasteiger charge is 2.41. The first-order chi connectivity index (χ1) is 7.27. The molecule has 1 aromatic rings. The van der Waals surface area contributed by atoms with Crippen molar-refractivity contribution in [2.75, 3.05) is 11.9 Å². The third-order valence-corrected chi connectivity index (χ3v) is 3.00. The van der Waals surface area contributed by atoms with Crippen molar-refractivity contribution in [1.29, 1.82) is 0 Å². The van der Waals surface area contributed by atoms with Crippen molar-refractivity contribution in [2.45, 2.75) is 12.5 Å². The number of nitrogens with one attached hydrogen (secondary N) is 1. The Kier molecular flexibility index (Phi) is 1.59. The fourth-order valence-electron chi connectivity index (χ4n) is 2.05. The van der Waals surface area contributed by atoms with Gasteiger partial charge in [0, 0.05) is 6.54 Å². The Labute approximate surface area is 86.9 Å². The van der Waals surface area contributed by atoms with Crippen molar-refractivity contribution in [3.8, 4) is 0 Å². The number of hydrogen-bond acceptors (Lipinski definition) is 2. The minimum atomic E-state index is -0.259. The molecule has 15 heavy (non-hydrogen) atoms. The van der Waals surface area contributed by atoms with Crippen LogP contribution in [0.3, 0.4) is 0 Å². The van der Waals surface area contributed by atoms with E-state index in [2.05, 4.69) is 5.32 Å². The third kappa shape index (κ3) is 1.08. The Morgan fingerprint density at radius 2 is 2.07 bits per heavy atom. The number of benzene rings is 1. The zero-order valence-corrected chi connectivity index (χ0v) is 8.06. The molecular formula is C11H10N2O2. The van der Waals surface area contributed by atoms with Crippen LogP contribution in [0, 0.1) is 0 Å². The fraction of sp³-hybridized carbons (Fsp3) is 0.273. The molecule has 4 heteroatoms. The van der Waals surface area contributed by atoms with Gasteiger partial charge in [0.25, 0.3) is 5.91 Å². The summed E-state index contributed by atoms with van der Waals surface area (Å²) in [5.74, 6) is -0.111. The second-order valence-electron chi connectivity index (χ2n) is 3.84. The van der Waals surface area contributed by atoms with Gasteiger partial charge in [0.2, 0.25) is 5.91 Å². The molecule has 0 bridgehead atoms. The Bertz CT molecular complexity index is 456. The molecule has 1 atom stereocenters. The first kappa shape index (κ1) is 8.47. The number of hydrogen-bond donors (Lipinski definition) is 1. The van der Waals surface area contributed by atoms with E-state index in [4.69, 9.17) is 0 Å². The highest BCUT2D eigenvalue weighted by molar-refractivity contribution is 6.10. The van der Waals surface area contributed by atoms with E-state index in [0.29, 0.717) is 17.8 Å². The van der Waals surface area contributed by atoms with E-state index in [1.165, 1.54) is 0 Å². The van der Waals surface area contributed by atoms with Crippen LogP contribution < -0.4 is 5.32 Å². The zero-order valence-electron chi connectivity index (χ0n) is 8.06. The molecule has 2 heterocycles. The van der Waals surface area contributed by atoms with E-state index in [9.17, 15) is 9.59 Å². The Morgan fingerprint density at radius 1 is 1.27 bits per heavy atom. The highest BCUT2D eigenvalue weighted by atomic mass is 16.2. The van der Waals surface area contributed by atoms with Crippen LogP contribution in [0.5, 0.6) is 0 Å². The molecule has 4 nitrogen and oxygen atoms in total. The van der Waals surface area contributed by atoms with Crippen molar-refractivity contribution in [3.05, 3.63) is 29.8 Å². The molecule has 1 aromatic carbocycles. The number of carbonyl (C=O) groups is 2. The SMILES string of the molecule is O=C1Nc2ccccc2C(=O)N2CC[C@@H]12. The topological polar surface area (TPSA) is 49.4 Å².